The Morgan fingerprint density at radius 2 is 1.96 bits per heavy atom. The molecule has 0 radical (unpaired) electrons. The van der Waals surface area contributed by atoms with E-state index < -0.39 is 0 Å². The van der Waals surface area contributed by atoms with E-state index in [2.05, 4.69) is 10.3 Å². The SMILES string of the molecule is CC(C(=O)Nc1nc2c(s1)CCCCC2)C(N)c1ccccc1. The first-order valence-electron chi connectivity index (χ1n) is 8.25. The Hall–Kier alpha value is -1.72. The van der Waals surface area contributed by atoms with Crippen molar-refractivity contribution in [1.29, 1.82) is 0 Å². The quantitative estimate of drug-likeness (QED) is 0.841. The van der Waals surface area contributed by atoms with Gasteiger partial charge in [0.05, 0.1) is 11.6 Å². The summed E-state index contributed by atoms with van der Waals surface area (Å²) >= 11 is 1.62. The molecule has 1 aromatic carbocycles. The molecule has 0 saturated carbocycles. The van der Waals surface area contributed by atoms with Gasteiger partial charge in [-0.05, 0) is 31.2 Å². The highest BCUT2D eigenvalue weighted by Crippen LogP contribution is 2.29. The molecule has 0 saturated heterocycles. The van der Waals surface area contributed by atoms with Gasteiger partial charge in [0.2, 0.25) is 5.91 Å². The second-order valence-corrected chi connectivity index (χ2v) is 7.25. The Kier molecular flexibility index (Phi) is 5.08. The number of carbonyl (C=O) groups is 1. The number of benzene rings is 1. The van der Waals surface area contributed by atoms with Gasteiger partial charge in [-0.2, -0.15) is 0 Å². The summed E-state index contributed by atoms with van der Waals surface area (Å²) in [5.41, 5.74) is 8.38. The Bertz CT molecular complexity index is 645. The van der Waals surface area contributed by atoms with Crippen LogP contribution < -0.4 is 11.1 Å². The average molecular weight is 329 g/mol. The molecule has 2 aromatic rings. The van der Waals surface area contributed by atoms with Gasteiger partial charge in [-0.15, -0.1) is 11.3 Å². The number of hydrogen-bond donors (Lipinski definition) is 2. The molecule has 0 fully saturated rings. The van der Waals surface area contributed by atoms with Crippen LogP contribution in [0.2, 0.25) is 0 Å². The lowest BCUT2D eigenvalue weighted by molar-refractivity contribution is -0.120. The summed E-state index contributed by atoms with van der Waals surface area (Å²) in [6, 6.07) is 9.44. The van der Waals surface area contributed by atoms with E-state index in [9.17, 15) is 4.79 Å². The molecular formula is C18H23N3OS. The highest BCUT2D eigenvalue weighted by molar-refractivity contribution is 7.15. The van der Waals surface area contributed by atoms with Gasteiger partial charge in [0, 0.05) is 10.9 Å². The first-order valence-corrected chi connectivity index (χ1v) is 9.07. The van der Waals surface area contributed by atoms with Gasteiger partial charge < -0.3 is 11.1 Å². The van der Waals surface area contributed by atoms with E-state index in [-0.39, 0.29) is 17.9 Å². The van der Waals surface area contributed by atoms with Gasteiger partial charge in [-0.1, -0.05) is 43.7 Å². The molecule has 3 N–H and O–H groups in total. The maximum Gasteiger partial charge on any atom is 0.230 e. The molecule has 2 unspecified atom stereocenters. The average Bonchev–Trinajstić information content (AvgIpc) is 2.82. The summed E-state index contributed by atoms with van der Waals surface area (Å²) in [6.07, 6.45) is 5.80. The fourth-order valence-corrected chi connectivity index (χ4v) is 3.98. The highest BCUT2D eigenvalue weighted by Gasteiger charge is 2.23. The van der Waals surface area contributed by atoms with Crippen LogP contribution in [0.4, 0.5) is 5.13 Å². The van der Waals surface area contributed by atoms with Crippen LogP contribution in [-0.4, -0.2) is 10.9 Å². The summed E-state index contributed by atoms with van der Waals surface area (Å²) in [7, 11) is 0. The Morgan fingerprint density at radius 3 is 2.74 bits per heavy atom. The maximum absolute atomic E-state index is 12.5. The van der Waals surface area contributed by atoms with Crippen molar-refractivity contribution in [3.63, 3.8) is 0 Å². The predicted octanol–water partition coefficient (Wildman–Crippen LogP) is 3.69. The fraction of sp³-hybridized carbons (Fsp3) is 0.444. The summed E-state index contributed by atoms with van der Waals surface area (Å²) in [6.45, 7) is 1.87. The number of amides is 1. The molecule has 0 bridgehead atoms. The number of rotatable bonds is 4. The molecule has 2 atom stereocenters. The minimum absolute atomic E-state index is 0.0646. The normalized spacial score (nSPS) is 17.0. The summed E-state index contributed by atoms with van der Waals surface area (Å²) in [4.78, 5) is 18.4. The zero-order valence-electron chi connectivity index (χ0n) is 13.4. The molecule has 23 heavy (non-hydrogen) atoms. The van der Waals surface area contributed by atoms with Crippen molar-refractivity contribution in [2.75, 3.05) is 5.32 Å². The topological polar surface area (TPSA) is 68.0 Å². The van der Waals surface area contributed by atoms with Crippen molar-refractivity contribution in [3.05, 3.63) is 46.5 Å². The van der Waals surface area contributed by atoms with Crippen LogP contribution in [0, 0.1) is 5.92 Å². The molecule has 0 spiro atoms. The lowest BCUT2D eigenvalue weighted by Gasteiger charge is -2.19. The molecule has 5 heteroatoms. The number of aryl methyl sites for hydroxylation is 2. The summed E-state index contributed by atoms with van der Waals surface area (Å²) < 4.78 is 0. The lowest BCUT2D eigenvalue weighted by Crippen LogP contribution is -2.30. The zero-order chi connectivity index (χ0) is 16.2. The van der Waals surface area contributed by atoms with Crippen molar-refractivity contribution in [2.45, 2.75) is 45.1 Å². The standard InChI is InChI=1S/C18H23N3OS/c1-12(16(19)13-8-4-2-5-9-13)17(22)21-18-20-14-10-6-3-7-11-15(14)23-18/h2,4-5,8-9,12,16H,3,6-7,10-11,19H2,1H3,(H,20,21,22). The van der Waals surface area contributed by atoms with Gasteiger partial charge in [-0.3, -0.25) is 4.79 Å². The van der Waals surface area contributed by atoms with E-state index in [0.29, 0.717) is 5.13 Å². The molecule has 0 aliphatic heterocycles. The smallest absolute Gasteiger partial charge is 0.230 e. The Morgan fingerprint density at radius 1 is 1.22 bits per heavy atom. The number of thiazole rings is 1. The number of nitrogens with one attached hydrogen (secondary N) is 1. The number of carbonyl (C=O) groups excluding carboxylic acids is 1. The second kappa shape index (κ2) is 7.23. The monoisotopic (exact) mass is 329 g/mol. The minimum Gasteiger partial charge on any atom is -0.323 e. The molecule has 1 heterocycles. The molecular weight excluding hydrogens is 306 g/mol. The zero-order valence-corrected chi connectivity index (χ0v) is 14.2. The summed E-state index contributed by atoms with van der Waals surface area (Å²) in [5.74, 6) is -0.369. The molecule has 1 aromatic heterocycles. The van der Waals surface area contributed by atoms with Crippen LogP contribution in [0.25, 0.3) is 0 Å². The van der Waals surface area contributed by atoms with Gasteiger partial charge in [0.1, 0.15) is 0 Å². The number of anilines is 1. The van der Waals surface area contributed by atoms with Crippen molar-refractivity contribution in [3.8, 4) is 0 Å². The number of fused-ring (bicyclic) bond motifs is 1. The van der Waals surface area contributed by atoms with Gasteiger partial charge >= 0.3 is 0 Å². The highest BCUT2D eigenvalue weighted by atomic mass is 32.1. The molecule has 1 aliphatic rings. The number of hydrogen-bond acceptors (Lipinski definition) is 4. The van der Waals surface area contributed by atoms with E-state index in [4.69, 9.17) is 5.73 Å². The third-order valence-corrected chi connectivity index (χ3v) is 5.54. The van der Waals surface area contributed by atoms with E-state index in [1.165, 1.54) is 29.8 Å². The van der Waals surface area contributed by atoms with Crippen LogP contribution in [-0.2, 0) is 17.6 Å². The van der Waals surface area contributed by atoms with Crippen LogP contribution in [0.3, 0.4) is 0 Å². The third-order valence-electron chi connectivity index (χ3n) is 4.46. The Balaban J connectivity index is 1.67. The maximum atomic E-state index is 12.5. The molecule has 1 amide bonds. The largest absolute Gasteiger partial charge is 0.323 e. The van der Waals surface area contributed by atoms with E-state index >= 15 is 0 Å². The molecule has 3 rings (SSSR count). The Labute approximate surface area is 141 Å². The molecule has 122 valence electrons. The van der Waals surface area contributed by atoms with E-state index in [1.807, 2.05) is 37.3 Å². The van der Waals surface area contributed by atoms with E-state index in [0.717, 1.165) is 18.4 Å². The predicted molar refractivity (Wildman–Crippen MR) is 94.5 cm³/mol. The summed E-state index contributed by atoms with van der Waals surface area (Å²) in [5, 5.41) is 3.68. The minimum atomic E-state index is -0.311. The van der Waals surface area contributed by atoms with Crippen LogP contribution in [0.15, 0.2) is 30.3 Å². The number of nitrogens with zero attached hydrogens (tertiary/aromatic N) is 1. The van der Waals surface area contributed by atoms with Gasteiger partial charge in [-0.25, -0.2) is 4.98 Å². The lowest BCUT2D eigenvalue weighted by atomic mass is 9.95. The fourth-order valence-electron chi connectivity index (χ4n) is 2.93. The second-order valence-electron chi connectivity index (χ2n) is 6.16. The van der Waals surface area contributed by atoms with Gasteiger partial charge in [0.15, 0.2) is 5.13 Å². The van der Waals surface area contributed by atoms with Crippen molar-refractivity contribution in [2.24, 2.45) is 11.7 Å². The van der Waals surface area contributed by atoms with Crippen LogP contribution in [0.1, 0.15) is 48.4 Å². The number of nitrogens with two attached hydrogens (primary N) is 1. The molecule has 4 nitrogen and oxygen atoms in total. The first-order chi connectivity index (χ1) is 11.1. The van der Waals surface area contributed by atoms with Crippen molar-refractivity contribution in [1.82, 2.24) is 4.98 Å². The van der Waals surface area contributed by atoms with Crippen molar-refractivity contribution < 1.29 is 4.79 Å². The van der Waals surface area contributed by atoms with Crippen LogP contribution in [0.5, 0.6) is 0 Å². The molecule has 1 aliphatic carbocycles. The van der Waals surface area contributed by atoms with Gasteiger partial charge in [0.25, 0.3) is 0 Å². The first kappa shape index (κ1) is 16.1. The third kappa shape index (κ3) is 3.79. The van der Waals surface area contributed by atoms with Crippen molar-refractivity contribution >= 4 is 22.4 Å². The number of aromatic nitrogens is 1. The van der Waals surface area contributed by atoms with E-state index in [1.54, 1.807) is 11.3 Å². The van der Waals surface area contributed by atoms with Crippen LogP contribution >= 0.6 is 11.3 Å².